The second kappa shape index (κ2) is 8.45. The van der Waals surface area contributed by atoms with Crippen molar-refractivity contribution in [2.45, 2.75) is 51.7 Å². The Morgan fingerprint density at radius 2 is 1.73 bits per heavy atom. The minimum Gasteiger partial charge on any atom is -0.487 e. The summed E-state index contributed by atoms with van der Waals surface area (Å²) in [6.45, 7) is 3.66. The number of carboxylic acid groups (broad SMARTS) is 2. The number of carbonyl (C=O) groups is 1. The highest BCUT2D eigenvalue weighted by Gasteiger charge is 2.32. The van der Waals surface area contributed by atoms with Crippen LogP contribution >= 0.6 is 0 Å². The maximum atomic E-state index is 14.3. The molecule has 1 aliphatic heterocycles. The molecule has 1 fully saturated rings. The minimum absolute atomic E-state index is 0.161. The zero-order valence-corrected chi connectivity index (χ0v) is 16.7. The first-order valence-corrected chi connectivity index (χ1v) is 9.57. The molecule has 5 nitrogen and oxygen atoms in total. The van der Waals surface area contributed by atoms with Crippen LogP contribution in [0.4, 0.5) is 18.0 Å². The number of ether oxygens (including phenoxy) is 2. The Morgan fingerprint density at radius 3 is 2.30 bits per heavy atom. The quantitative estimate of drug-likeness (QED) is 0.656. The Hall–Kier alpha value is -2.90. The second-order valence-corrected chi connectivity index (χ2v) is 8.20. The fourth-order valence-electron chi connectivity index (χ4n) is 3.53. The molecule has 8 heteroatoms. The van der Waals surface area contributed by atoms with Gasteiger partial charge in [0.25, 0.3) is 0 Å². The standard InChI is InChI=1S/C21H21F3O2.CH2O3/c1-21(2)10-14-8-16(22)9-15(19(14)26-21)11-25-20-17(23)6-13(7-18(20)24)5-12-3-4-12;2-1(3)4/h6-9,12H,3-5,10-11H2,1-2H3;(H2,2,3,4). The molecule has 2 N–H and O–H groups in total. The highest BCUT2D eigenvalue weighted by molar-refractivity contribution is 5.53. The van der Waals surface area contributed by atoms with Crippen molar-refractivity contribution < 1.29 is 37.7 Å². The Balaban J connectivity index is 0.000000589. The van der Waals surface area contributed by atoms with E-state index in [2.05, 4.69) is 0 Å². The van der Waals surface area contributed by atoms with Crippen LogP contribution in [0.15, 0.2) is 24.3 Å². The summed E-state index contributed by atoms with van der Waals surface area (Å²) in [7, 11) is 0. The van der Waals surface area contributed by atoms with Crippen LogP contribution in [0, 0.1) is 23.4 Å². The van der Waals surface area contributed by atoms with E-state index >= 15 is 0 Å². The summed E-state index contributed by atoms with van der Waals surface area (Å²) in [6.07, 6.45) is 1.66. The SMILES string of the molecule is CC1(C)Cc2cc(F)cc(COc3c(F)cc(CC4CC4)cc3F)c2O1.O=C(O)O. The number of hydrogen-bond acceptors (Lipinski definition) is 3. The predicted octanol–water partition coefficient (Wildman–Crippen LogP) is 5.57. The van der Waals surface area contributed by atoms with Gasteiger partial charge in [-0.1, -0.05) is 0 Å². The van der Waals surface area contributed by atoms with Crippen LogP contribution in [-0.4, -0.2) is 22.0 Å². The van der Waals surface area contributed by atoms with E-state index in [1.54, 1.807) is 0 Å². The lowest BCUT2D eigenvalue weighted by molar-refractivity contribution is 0.134. The van der Waals surface area contributed by atoms with Crippen molar-refractivity contribution in [2.24, 2.45) is 5.92 Å². The molecule has 0 radical (unpaired) electrons. The predicted molar refractivity (Wildman–Crippen MR) is 103 cm³/mol. The molecular formula is C22H23F3O5. The van der Waals surface area contributed by atoms with Gasteiger partial charge in [-0.25, -0.2) is 18.0 Å². The van der Waals surface area contributed by atoms with Gasteiger partial charge in [-0.15, -0.1) is 0 Å². The summed E-state index contributed by atoms with van der Waals surface area (Å²) in [6, 6.07) is 5.37. The molecular weight excluding hydrogens is 401 g/mol. The van der Waals surface area contributed by atoms with Gasteiger partial charge < -0.3 is 19.7 Å². The lowest BCUT2D eigenvalue weighted by Gasteiger charge is -2.18. The maximum Gasteiger partial charge on any atom is 0.503 e. The fourth-order valence-corrected chi connectivity index (χ4v) is 3.53. The molecule has 1 heterocycles. The first-order valence-electron chi connectivity index (χ1n) is 9.57. The second-order valence-electron chi connectivity index (χ2n) is 8.20. The number of benzene rings is 2. The molecule has 0 spiro atoms. The van der Waals surface area contributed by atoms with Gasteiger partial charge in [0.15, 0.2) is 17.4 Å². The largest absolute Gasteiger partial charge is 0.503 e. The molecule has 0 bridgehead atoms. The lowest BCUT2D eigenvalue weighted by atomic mass is 10.0. The summed E-state index contributed by atoms with van der Waals surface area (Å²) in [5.74, 6) is -1.22. The van der Waals surface area contributed by atoms with E-state index < -0.39 is 35.0 Å². The summed E-state index contributed by atoms with van der Waals surface area (Å²) in [4.78, 5) is 8.56. The molecule has 4 rings (SSSR count). The third-order valence-electron chi connectivity index (χ3n) is 4.85. The first-order chi connectivity index (χ1) is 14.0. The van der Waals surface area contributed by atoms with Gasteiger partial charge in [0.1, 0.15) is 23.8 Å². The summed E-state index contributed by atoms with van der Waals surface area (Å²) in [5, 5.41) is 13.9. The zero-order valence-electron chi connectivity index (χ0n) is 16.7. The Bertz CT molecular complexity index is 927. The van der Waals surface area contributed by atoms with Crippen LogP contribution in [-0.2, 0) is 19.4 Å². The fraction of sp³-hybridized carbons (Fsp3) is 0.409. The van der Waals surface area contributed by atoms with Gasteiger partial charge in [0.05, 0.1) is 0 Å². The van der Waals surface area contributed by atoms with Crippen LogP contribution in [0.5, 0.6) is 11.5 Å². The lowest BCUT2D eigenvalue weighted by Crippen LogP contribution is -2.25. The molecule has 0 amide bonds. The van der Waals surface area contributed by atoms with E-state index in [1.807, 2.05) is 13.8 Å². The van der Waals surface area contributed by atoms with E-state index in [9.17, 15) is 13.2 Å². The average molecular weight is 424 g/mol. The van der Waals surface area contributed by atoms with Crippen LogP contribution in [0.2, 0.25) is 0 Å². The normalized spacial score (nSPS) is 16.2. The Kier molecular flexibility index (Phi) is 6.14. The number of rotatable bonds is 5. The molecule has 0 saturated heterocycles. The van der Waals surface area contributed by atoms with Crippen LogP contribution in [0.3, 0.4) is 0 Å². The molecule has 1 saturated carbocycles. The zero-order chi connectivity index (χ0) is 22.1. The average Bonchev–Trinajstić information content (AvgIpc) is 3.34. The molecule has 0 unspecified atom stereocenters. The molecule has 2 aromatic rings. The van der Waals surface area contributed by atoms with Crippen molar-refractivity contribution in [2.75, 3.05) is 0 Å². The third kappa shape index (κ3) is 5.58. The molecule has 0 aromatic heterocycles. The maximum absolute atomic E-state index is 14.3. The van der Waals surface area contributed by atoms with Crippen molar-refractivity contribution in [3.63, 3.8) is 0 Å². The third-order valence-corrected chi connectivity index (χ3v) is 4.85. The summed E-state index contributed by atoms with van der Waals surface area (Å²) < 4.78 is 53.7. The highest BCUT2D eigenvalue weighted by atomic mass is 19.1. The van der Waals surface area contributed by atoms with Crippen LogP contribution < -0.4 is 9.47 Å². The minimum atomic E-state index is -1.83. The van der Waals surface area contributed by atoms with Crippen LogP contribution in [0.1, 0.15) is 43.4 Å². The van der Waals surface area contributed by atoms with Gasteiger partial charge in [0.2, 0.25) is 0 Å². The van der Waals surface area contributed by atoms with E-state index in [4.69, 9.17) is 24.5 Å². The molecule has 30 heavy (non-hydrogen) atoms. The van der Waals surface area contributed by atoms with E-state index in [-0.39, 0.29) is 6.61 Å². The smallest absolute Gasteiger partial charge is 0.487 e. The first kappa shape index (κ1) is 21.8. The van der Waals surface area contributed by atoms with E-state index in [0.29, 0.717) is 35.6 Å². The summed E-state index contributed by atoms with van der Waals surface area (Å²) >= 11 is 0. The summed E-state index contributed by atoms with van der Waals surface area (Å²) in [5.41, 5.74) is 1.40. The van der Waals surface area contributed by atoms with E-state index in [1.165, 1.54) is 24.3 Å². The van der Waals surface area contributed by atoms with Gasteiger partial charge in [-0.3, -0.25) is 0 Å². The van der Waals surface area contributed by atoms with Crippen molar-refractivity contribution in [3.05, 3.63) is 58.4 Å². The monoisotopic (exact) mass is 424 g/mol. The van der Waals surface area contributed by atoms with Gasteiger partial charge in [-0.05, 0) is 68.9 Å². The van der Waals surface area contributed by atoms with Crippen molar-refractivity contribution in [1.82, 2.24) is 0 Å². The molecule has 2 aliphatic rings. The van der Waals surface area contributed by atoms with Crippen LogP contribution in [0.25, 0.3) is 0 Å². The molecule has 2 aromatic carbocycles. The topological polar surface area (TPSA) is 76.0 Å². The van der Waals surface area contributed by atoms with Crippen molar-refractivity contribution in [1.29, 1.82) is 0 Å². The number of hydrogen-bond donors (Lipinski definition) is 2. The number of fused-ring (bicyclic) bond motifs is 1. The molecule has 0 atom stereocenters. The molecule has 1 aliphatic carbocycles. The van der Waals surface area contributed by atoms with Gasteiger partial charge in [0, 0.05) is 17.5 Å². The Morgan fingerprint density at radius 1 is 1.13 bits per heavy atom. The van der Waals surface area contributed by atoms with Crippen molar-refractivity contribution >= 4 is 6.16 Å². The van der Waals surface area contributed by atoms with Gasteiger partial charge in [-0.2, -0.15) is 0 Å². The van der Waals surface area contributed by atoms with E-state index in [0.717, 1.165) is 18.4 Å². The Labute approximate surface area is 172 Å². The highest BCUT2D eigenvalue weighted by Crippen LogP contribution is 2.39. The molecule has 162 valence electrons. The van der Waals surface area contributed by atoms with Gasteiger partial charge >= 0.3 is 6.16 Å². The van der Waals surface area contributed by atoms with Crippen molar-refractivity contribution in [3.8, 4) is 11.5 Å². The number of halogens is 3.